The van der Waals surface area contributed by atoms with Gasteiger partial charge in [0, 0.05) is 13.6 Å². The first kappa shape index (κ1) is 15.7. The third-order valence-corrected chi connectivity index (χ3v) is 3.74. The average molecular weight is 333 g/mol. The number of H-pyrrole nitrogens is 1. The van der Waals surface area contributed by atoms with Crippen LogP contribution in [0.15, 0.2) is 26.1 Å². The summed E-state index contributed by atoms with van der Waals surface area (Å²) in [5, 5.41) is 10.8. The van der Waals surface area contributed by atoms with E-state index in [0.717, 1.165) is 12.8 Å². The Kier molecular flexibility index (Phi) is 3.80. The summed E-state index contributed by atoms with van der Waals surface area (Å²) in [6, 6.07) is 2.62. The van der Waals surface area contributed by atoms with Crippen molar-refractivity contribution in [3.8, 4) is 11.6 Å². The molecule has 0 saturated carbocycles. The molecule has 10 nitrogen and oxygen atoms in total. The lowest BCUT2D eigenvalue weighted by atomic mass is 10.3. The molecule has 10 heteroatoms. The predicted molar refractivity (Wildman–Crippen MR) is 84.9 cm³/mol. The van der Waals surface area contributed by atoms with Crippen LogP contribution in [0, 0.1) is 10.1 Å². The van der Waals surface area contributed by atoms with E-state index in [1.54, 1.807) is 7.05 Å². The van der Waals surface area contributed by atoms with Gasteiger partial charge in [-0.25, -0.2) is 9.78 Å². The zero-order chi connectivity index (χ0) is 17.4. The quantitative estimate of drug-likeness (QED) is 0.555. The predicted octanol–water partition coefficient (Wildman–Crippen LogP) is 1.39. The van der Waals surface area contributed by atoms with E-state index >= 15 is 0 Å². The summed E-state index contributed by atoms with van der Waals surface area (Å²) in [5.41, 5.74) is -0.658. The second kappa shape index (κ2) is 5.80. The maximum Gasteiger partial charge on any atom is 0.433 e. The number of nitrogens with zero attached hydrogens (tertiary/aromatic N) is 4. The van der Waals surface area contributed by atoms with Crippen LogP contribution in [0.3, 0.4) is 0 Å². The molecule has 24 heavy (non-hydrogen) atoms. The molecule has 0 aliphatic carbocycles. The Balaban J connectivity index is 2.25. The van der Waals surface area contributed by atoms with Gasteiger partial charge in [0.05, 0.1) is 6.07 Å². The molecule has 126 valence electrons. The van der Waals surface area contributed by atoms with Crippen LogP contribution < -0.4 is 11.2 Å². The van der Waals surface area contributed by atoms with Gasteiger partial charge in [-0.3, -0.25) is 24.5 Å². The Hall–Kier alpha value is -3.17. The van der Waals surface area contributed by atoms with Crippen LogP contribution in [0.25, 0.3) is 22.7 Å². The molecule has 0 spiro atoms. The van der Waals surface area contributed by atoms with Crippen molar-refractivity contribution in [1.29, 1.82) is 0 Å². The van der Waals surface area contributed by atoms with Crippen molar-refractivity contribution >= 4 is 17.0 Å². The third kappa shape index (κ3) is 2.41. The number of fused-ring (bicyclic) bond motifs is 1. The van der Waals surface area contributed by atoms with Gasteiger partial charge in [0.25, 0.3) is 5.56 Å². The van der Waals surface area contributed by atoms with E-state index in [1.165, 1.54) is 21.3 Å². The van der Waals surface area contributed by atoms with Gasteiger partial charge in [-0.2, -0.15) is 0 Å². The van der Waals surface area contributed by atoms with Crippen LogP contribution in [0.2, 0.25) is 0 Å². The fraction of sp³-hybridized carbons (Fsp3) is 0.357. The molecule has 3 heterocycles. The summed E-state index contributed by atoms with van der Waals surface area (Å²) >= 11 is 0. The van der Waals surface area contributed by atoms with E-state index in [2.05, 4.69) is 9.97 Å². The van der Waals surface area contributed by atoms with Gasteiger partial charge in [0.1, 0.15) is 4.92 Å². The lowest BCUT2D eigenvalue weighted by Gasteiger charge is -2.04. The van der Waals surface area contributed by atoms with Crippen molar-refractivity contribution in [2.75, 3.05) is 0 Å². The zero-order valence-corrected chi connectivity index (χ0v) is 13.1. The smallest absolute Gasteiger partial charge is 0.397 e. The molecule has 0 fully saturated rings. The SMILES string of the molecule is CCCCn1c(=O)[nH]c(=O)c2c1nc(-c1ccc([N+](=O)[O-])o1)n2C. The molecule has 3 aromatic heterocycles. The second-order valence-electron chi connectivity index (χ2n) is 5.33. The van der Waals surface area contributed by atoms with Crippen LogP contribution in [0.1, 0.15) is 19.8 Å². The topological polar surface area (TPSA) is 129 Å². The number of aryl methyl sites for hydroxylation is 2. The Labute approximate surface area is 134 Å². The third-order valence-electron chi connectivity index (χ3n) is 3.74. The molecular weight excluding hydrogens is 318 g/mol. The van der Waals surface area contributed by atoms with Crippen molar-refractivity contribution in [1.82, 2.24) is 19.1 Å². The minimum atomic E-state index is -0.657. The van der Waals surface area contributed by atoms with Crippen LogP contribution in [0.4, 0.5) is 5.88 Å². The van der Waals surface area contributed by atoms with E-state index < -0.39 is 22.1 Å². The van der Waals surface area contributed by atoms with Gasteiger partial charge >= 0.3 is 11.6 Å². The fourth-order valence-electron chi connectivity index (χ4n) is 2.54. The summed E-state index contributed by atoms with van der Waals surface area (Å²) in [6.45, 7) is 2.40. The lowest BCUT2D eigenvalue weighted by Crippen LogP contribution is -2.31. The molecular formula is C14H15N5O5. The van der Waals surface area contributed by atoms with Gasteiger partial charge in [-0.15, -0.1) is 0 Å². The van der Waals surface area contributed by atoms with E-state index in [1.807, 2.05) is 6.92 Å². The molecule has 3 aromatic rings. The molecule has 0 atom stereocenters. The first-order valence-electron chi connectivity index (χ1n) is 7.38. The molecule has 1 N–H and O–H groups in total. The van der Waals surface area contributed by atoms with E-state index in [-0.39, 0.29) is 22.7 Å². The number of rotatable bonds is 5. The molecule has 0 saturated heterocycles. The highest BCUT2D eigenvalue weighted by Crippen LogP contribution is 2.26. The summed E-state index contributed by atoms with van der Waals surface area (Å²) in [6.07, 6.45) is 1.62. The number of nitro groups is 1. The number of nitrogens with one attached hydrogen (secondary N) is 1. The van der Waals surface area contributed by atoms with E-state index in [9.17, 15) is 19.7 Å². The number of hydrogen-bond acceptors (Lipinski definition) is 6. The van der Waals surface area contributed by atoms with Gasteiger partial charge in [0.15, 0.2) is 22.7 Å². The van der Waals surface area contributed by atoms with Crippen LogP contribution in [0.5, 0.6) is 0 Å². The Bertz CT molecular complexity index is 1040. The summed E-state index contributed by atoms with van der Waals surface area (Å²) in [7, 11) is 1.59. The Morgan fingerprint density at radius 2 is 2.12 bits per heavy atom. The first-order chi connectivity index (χ1) is 11.4. The molecule has 0 aliphatic heterocycles. The number of imidazole rings is 1. The standard InChI is InChI=1S/C14H15N5O5/c1-3-4-7-18-12-10(13(20)16-14(18)21)17(2)11(15-12)8-5-6-9(24-8)19(22)23/h5-6H,3-4,7H2,1-2H3,(H,16,20,21). The highest BCUT2D eigenvalue weighted by molar-refractivity contribution is 5.75. The first-order valence-corrected chi connectivity index (χ1v) is 7.38. The minimum absolute atomic E-state index is 0.147. The van der Waals surface area contributed by atoms with E-state index in [4.69, 9.17) is 4.42 Å². The second-order valence-corrected chi connectivity index (χ2v) is 5.33. The number of furan rings is 1. The lowest BCUT2D eigenvalue weighted by molar-refractivity contribution is -0.401. The number of hydrogen-bond donors (Lipinski definition) is 1. The maximum absolute atomic E-state index is 12.1. The molecule has 0 bridgehead atoms. The van der Waals surface area contributed by atoms with Crippen LogP contribution >= 0.6 is 0 Å². The van der Waals surface area contributed by atoms with Gasteiger partial charge in [-0.1, -0.05) is 13.3 Å². The fourth-order valence-corrected chi connectivity index (χ4v) is 2.54. The van der Waals surface area contributed by atoms with E-state index in [0.29, 0.717) is 6.54 Å². The summed E-state index contributed by atoms with van der Waals surface area (Å²) in [4.78, 5) is 40.9. The van der Waals surface area contributed by atoms with Crippen molar-refractivity contribution in [3.05, 3.63) is 43.1 Å². The molecule has 0 aromatic carbocycles. The van der Waals surface area contributed by atoms with Crippen molar-refractivity contribution in [2.24, 2.45) is 7.05 Å². The van der Waals surface area contributed by atoms with Crippen LogP contribution in [-0.2, 0) is 13.6 Å². The molecule has 0 aliphatic rings. The average Bonchev–Trinajstić information content (AvgIpc) is 3.12. The van der Waals surface area contributed by atoms with Crippen LogP contribution in [-0.4, -0.2) is 24.0 Å². The van der Waals surface area contributed by atoms with Gasteiger partial charge < -0.3 is 8.98 Å². The highest BCUT2D eigenvalue weighted by atomic mass is 16.6. The number of aromatic nitrogens is 4. The number of aromatic amines is 1. The normalized spacial score (nSPS) is 11.2. The highest BCUT2D eigenvalue weighted by Gasteiger charge is 2.21. The Morgan fingerprint density at radius 3 is 2.75 bits per heavy atom. The minimum Gasteiger partial charge on any atom is -0.397 e. The molecule has 0 amide bonds. The zero-order valence-electron chi connectivity index (χ0n) is 13.1. The van der Waals surface area contributed by atoms with Gasteiger partial charge in [0.2, 0.25) is 0 Å². The Morgan fingerprint density at radius 1 is 1.38 bits per heavy atom. The number of unbranched alkanes of at least 4 members (excludes halogenated alkanes) is 1. The summed E-state index contributed by atoms with van der Waals surface area (Å²) < 4.78 is 8.00. The van der Waals surface area contributed by atoms with Crippen molar-refractivity contribution < 1.29 is 9.34 Å². The summed E-state index contributed by atoms with van der Waals surface area (Å²) in [5.74, 6) is -0.0388. The maximum atomic E-state index is 12.1. The van der Waals surface area contributed by atoms with Gasteiger partial charge in [-0.05, 0) is 12.5 Å². The molecule has 0 unspecified atom stereocenters. The van der Waals surface area contributed by atoms with Crippen molar-refractivity contribution in [3.63, 3.8) is 0 Å². The molecule has 0 radical (unpaired) electrons. The van der Waals surface area contributed by atoms with Crippen molar-refractivity contribution in [2.45, 2.75) is 26.3 Å². The molecule has 3 rings (SSSR count). The largest absolute Gasteiger partial charge is 0.433 e. The monoisotopic (exact) mass is 333 g/mol.